The molecule has 6 heteroatoms. The third-order valence-corrected chi connectivity index (χ3v) is 3.79. The van der Waals surface area contributed by atoms with Gasteiger partial charge in [-0.15, -0.1) is 0 Å². The highest BCUT2D eigenvalue weighted by Crippen LogP contribution is 2.25. The molecule has 1 fully saturated rings. The zero-order chi connectivity index (χ0) is 16.2. The van der Waals surface area contributed by atoms with Crippen LogP contribution in [0.1, 0.15) is 51.5 Å². The van der Waals surface area contributed by atoms with E-state index in [1.54, 1.807) is 0 Å². The van der Waals surface area contributed by atoms with Gasteiger partial charge in [0.2, 0.25) is 0 Å². The number of nitrogens with one attached hydrogen (secondary N) is 2. The van der Waals surface area contributed by atoms with Crippen LogP contribution in [0.25, 0.3) is 0 Å². The van der Waals surface area contributed by atoms with Gasteiger partial charge in [-0.05, 0) is 46.5 Å². The monoisotopic (exact) mass is 309 g/mol. The van der Waals surface area contributed by atoms with E-state index >= 15 is 0 Å². The fourth-order valence-electron chi connectivity index (χ4n) is 2.82. The summed E-state index contributed by atoms with van der Waals surface area (Å²) in [4.78, 5) is 11.7. The SMILES string of the molecule is Cc1cc(CNC2CCCC2CNC(=O)OC(C)(C)C)no1. The molecule has 0 saturated heterocycles. The molecule has 0 aliphatic heterocycles. The van der Waals surface area contributed by atoms with E-state index in [1.165, 1.54) is 6.42 Å². The van der Waals surface area contributed by atoms with Gasteiger partial charge in [-0.1, -0.05) is 11.6 Å². The normalized spacial score (nSPS) is 21.8. The lowest BCUT2D eigenvalue weighted by molar-refractivity contribution is 0.0517. The molecule has 2 unspecified atom stereocenters. The molecule has 1 aromatic rings. The highest BCUT2D eigenvalue weighted by atomic mass is 16.6. The third kappa shape index (κ3) is 5.33. The van der Waals surface area contributed by atoms with E-state index < -0.39 is 5.60 Å². The first kappa shape index (κ1) is 16.8. The maximum absolute atomic E-state index is 11.7. The predicted octanol–water partition coefficient (Wildman–Crippen LogP) is 2.77. The lowest BCUT2D eigenvalue weighted by Gasteiger charge is -2.23. The van der Waals surface area contributed by atoms with Gasteiger partial charge in [-0.3, -0.25) is 0 Å². The number of ether oxygens (including phenoxy) is 1. The number of amides is 1. The van der Waals surface area contributed by atoms with Crippen LogP contribution in [-0.4, -0.2) is 29.4 Å². The van der Waals surface area contributed by atoms with Crippen LogP contribution in [0.2, 0.25) is 0 Å². The summed E-state index contributed by atoms with van der Waals surface area (Å²) in [5.41, 5.74) is 0.464. The first-order chi connectivity index (χ1) is 10.3. The molecule has 6 nitrogen and oxygen atoms in total. The average Bonchev–Trinajstić information content (AvgIpc) is 3.00. The van der Waals surface area contributed by atoms with Gasteiger partial charge in [0, 0.05) is 25.2 Å². The van der Waals surface area contributed by atoms with E-state index in [1.807, 2.05) is 33.8 Å². The molecule has 1 saturated carbocycles. The Labute approximate surface area is 132 Å². The molecule has 1 aromatic heterocycles. The number of aromatic nitrogens is 1. The van der Waals surface area contributed by atoms with Crippen molar-refractivity contribution in [2.24, 2.45) is 5.92 Å². The lowest BCUT2D eigenvalue weighted by atomic mass is 10.0. The van der Waals surface area contributed by atoms with Gasteiger partial charge in [-0.25, -0.2) is 4.79 Å². The molecule has 1 aliphatic rings. The van der Waals surface area contributed by atoms with Crippen LogP contribution < -0.4 is 10.6 Å². The summed E-state index contributed by atoms with van der Waals surface area (Å²) in [7, 11) is 0. The van der Waals surface area contributed by atoms with Crippen LogP contribution >= 0.6 is 0 Å². The van der Waals surface area contributed by atoms with Crippen LogP contribution in [0.4, 0.5) is 4.79 Å². The number of rotatable bonds is 5. The van der Waals surface area contributed by atoms with Gasteiger partial charge in [0.25, 0.3) is 0 Å². The Morgan fingerprint density at radius 1 is 1.45 bits per heavy atom. The minimum Gasteiger partial charge on any atom is -0.444 e. The van der Waals surface area contributed by atoms with Gasteiger partial charge in [0.05, 0.1) is 5.69 Å². The van der Waals surface area contributed by atoms with E-state index in [2.05, 4.69) is 15.8 Å². The second kappa shape index (κ2) is 7.13. The van der Waals surface area contributed by atoms with E-state index in [4.69, 9.17) is 9.26 Å². The smallest absolute Gasteiger partial charge is 0.407 e. The van der Waals surface area contributed by atoms with Gasteiger partial charge in [0.1, 0.15) is 11.4 Å². The molecule has 1 aliphatic carbocycles. The molecule has 124 valence electrons. The number of alkyl carbamates (subject to hydrolysis) is 1. The van der Waals surface area contributed by atoms with Gasteiger partial charge in [0.15, 0.2) is 0 Å². The standard InChI is InChI=1S/C16H27N3O3/c1-11-8-13(19-22-11)10-17-14-7-5-6-12(14)9-18-15(20)21-16(2,3)4/h8,12,14,17H,5-7,9-10H2,1-4H3,(H,18,20). The molecule has 1 amide bonds. The minimum absolute atomic E-state index is 0.342. The Morgan fingerprint density at radius 3 is 2.86 bits per heavy atom. The van der Waals surface area contributed by atoms with Crippen molar-refractivity contribution < 1.29 is 14.1 Å². The van der Waals surface area contributed by atoms with Crippen molar-refractivity contribution in [3.05, 3.63) is 17.5 Å². The van der Waals surface area contributed by atoms with Crippen molar-refractivity contribution >= 4 is 6.09 Å². The Morgan fingerprint density at radius 2 is 2.23 bits per heavy atom. The number of nitrogens with zero attached hydrogens (tertiary/aromatic N) is 1. The van der Waals surface area contributed by atoms with Crippen molar-refractivity contribution in [2.45, 2.75) is 65.1 Å². The number of carbonyl (C=O) groups excluding carboxylic acids is 1. The third-order valence-electron chi connectivity index (χ3n) is 3.79. The second-order valence-corrected chi connectivity index (χ2v) is 6.99. The van der Waals surface area contributed by atoms with E-state index in [0.29, 0.717) is 25.0 Å². The lowest BCUT2D eigenvalue weighted by Crippen LogP contribution is -2.40. The second-order valence-electron chi connectivity index (χ2n) is 6.99. The quantitative estimate of drug-likeness (QED) is 0.874. The number of aryl methyl sites for hydroxylation is 1. The van der Waals surface area contributed by atoms with Gasteiger partial charge >= 0.3 is 6.09 Å². The Kier molecular flexibility index (Phi) is 5.45. The molecule has 2 N–H and O–H groups in total. The van der Waals surface area contributed by atoms with Gasteiger partial charge < -0.3 is 19.9 Å². The van der Waals surface area contributed by atoms with Crippen molar-refractivity contribution in [3.63, 3.8) is 0 Å². The molecular weight excluding hydrogens is 282 g/mol. The van der Waals surface area contributed by atoms with Crippen LogP contribution in [-0.2, 0) is 11.3 Å². The largest absolute Gasteiger partial charge is 0.444 e. The molecule has 2 rings (SSSR count). The molecule has 0 aromatic carbocycles. The fraction of sp³-hybridized carbons (Fsp3) is 0.750. The minimum atomic E-state index is -0.456. The van der Waals surface area contributed by atoms with Crippen molar-refractivity contribution in [3.8, 4) is 0 Å². The van der Waals surface area contributed by atoms with E-state index in [9.17, 15) is 4.79 Å². The molecule has 0 radical (unpaired) electrons. The van der Waals surface area contributed by atoms with Crippen LogP contribution in [0.3, 0.4) is 0 Å². The van der Waals surface area contributed by atoms with Crippen molar-refractivity contribution in [2.75, 3.05) is 6.54 Å². The topological polar surface area (TPSA) is 76.4 Å². The fourth-order valence-corrected chi connectivity index (χ4v) is 2.82. The average molecular weight is 309 g/mol. The summed E-state index contributed by atoms with van der Waals surface area (Å²) in [6.07, 6.45) is 3.07. The Bertz CT molecular complexity index is 493. The Balaban J connectivity index is 1.74. The highest BCUT2D eigenvalue weighted by Gasteiger charge is 2.28. The highest BCUT2D eigenvalue weighted by molar-refractivity contribution is 5.67. The molecule has 0 bridgehead atoms. The van der Waals surface area contributed by atoms with Crippen molar-refractivity contribution in [1.82, 2.24) is 15.8 Å². The number of hydrogen-bond acceptors (Lipinski definition) is 5. The molecule has 1 heterocycles. The molecule has 0 spiro atoms. The summed E-state index contributed by atoms with van der Waals surface area (Å²) in [5, 5.41) is 10.4. The van der Waals surface area contributed by atoms with Crippen LogP contribution in [0.5, 0.6) is 0 Å². The first-order valence-corrected chi connectivity index (χ1v) is 7.96. The van der Waals surface area contributed by atoms with Crippen molar-refractivity contribution in [1.29, 1.82) is 0 Å². The predicted molar refractivity (Wildman–Crippen MR) is 83.4 cm³/mol. The molecule has 2 atom stereocenters. The van der Waals surface area contributed by atoms with E-state index in [0.717, 1.165) is 24.3 Å². The number of hydrogen-bond donors (Lipinski definition) is 2. The first-order valence-electron chi connectivity index (χ1n) is 7.96. The number of carbonyl (C=O) groups is 1. The van der Waals surface area contributed by atoms with Crippen LogP contribution in [0, 0.1) is 12.8 Å². The molecule has 22 heavy (non-hydrogen) atoms. The maximum Gasteiger partial charge on any atom is 0.407 e. The zero-order valence-corrected chi connectivity index (χ0v) is 13.9. The summed E-state index contributed by atoms with van der Waals surface area (Å²) in [6, 6.07) is 2.34. The summed E-state index contributed by atoms with van der Waals surface area (Å²) in [6.45, 7) is 8.83. The summed E-state index contributed by atoms with van der Waals surface area (Å²) in [5.74, 6) is 1.26. The Hall–Kier alpha value is -1.56. The summed E-state index contributed by atoms with van der Waals surface area (Å²) < 4.78 is 10.3. The zero-order valence-electron chi connectivity index (χ0n) is 13.9. The van der Waals surface area contributed by atoms with Crippen LogP contribution in [0.15, 0.2) is 10.6 Å². The van der Waals surface area contributed by atoms with Gasteiger partial charge in [-0.2, -0.15) is 0 Å². The molecular formula is C16H27N3O3. The maximum atomic E-state index is 11.7. The summed E-state index contributed by atoms with van der Waals surface area (Å²) >= 11 is 0. The van der Waals surface area contributed by atoms with E-state index in [-0.39, 0.29) is 6.09 Å².